The first-order valence-corrected chi connectivity index (χ1v) is 5.80. The fourth-order valence-electron chi connectivity index (χ4n) is 2.48. The number of hydrogen-bond donors (Lipinski definition) is 1. The molecular weight excluding hydrogens is 200 g/mol. The number of nitrogens with zero attached hydrogens (tertiary/aromatic N) is 3. The Morgan fingerprint density at radius 1 is 1.44 bits per heavy atom. The average Bonchev–Trinajstić information content (AvgIpc) is 2.83. The third-order valence-corrected chi connectivity index (χ3v) is 3.45. The summed E-state index contributed by atoms with van der Waals surface area (Å²) in [6.07, 6.45) is 3.22. The maximum absolute atomic E-state index is 4.34. The molecule has 0 bridgehead atoms. The van der Waals surface area contributed by atoms with Gasteiger partial charge in [-0.2, -0.15) is 0 Å². The molecule has 1 aliphatic heterocycles. The zero-order valence-corrected chi connectivity index (χ0v) is 9.64. The SMILES string of the molecule is Cc1ccn2c(C3CCNC3C)nnc2c1. The number of rotatable bonds is 1. The van der Waals surface area contributed by atoms with Crippen molar-refractivity contribution in [3.05, 3.63) is 29.7 Å². The zero-order valence-electron chi connectivity index (χ0n) is 9.64. The van der Waals surface area contributed by atoms with Crippen LogP contribution in [0.5, 0.6) is 0 Å². The minimum Gasteiger partial charge on any atom is -0.314 e. The first kappa shape index (κ1) is 9.78. The van der Waals surface area contributed by atoms with Crippen LogP contribution in [-0.2, 0) is 0 Å². The highest BCUT2D eigenvalue weighted by Crippen LogP contribution is 2.26. The van der Waals surface area contributed by atoms with Crippen LogP contribution in [0.15, 0.2) is 18.3 Å². The molecule has 84 valence electrons. The van der Waals surface area contributed by atoms with Gasteiger partial charge in [-0.3, -0.25) is 4.40 Å². The summed E-state index contributed by atoms with van der Waals surface area (Å²) >= 11 is 0. The number of hydrogen-bond acceptors (Lipinski definition) is 3. The minimum absolute atomic E-state index is 0.484. The summed E-state index contributed by atoms with van der Waals surface area (Å²) in [5.74, 6) is 1.57. The molecule has 1 saturated heterocycles. The van der Waals surface area contributed by atoms with Crippen molar-refractivity contribution in [3.63, 3.8) is 0 Å². The zero-order chi connectivity index (χ0) is 11.1. The van der Waals surface area contributed by atoms with E-state index in [1.165, 1.54) is 5.56 Å². The van der Waals surface area contributed by atoms with Crippen LogP contribution in [-0.4, -0.2) is 27.2 Å². The molecule has 2 atom stereocenters. The highest BCUT2D eigenvalue weighted by atomic mass is 15.3. The molecule has 1 aliphatic rings. The largest absolute Gasteiger partial charge is 0.314 e. The Kier molecular flexibility index (Phi) is 2.17. The smallest absolute Gasteiger partial charge is 0.161 e. The van der Waals surface area contributed by atoms with E-state index in [2.05, 4.69) is 52.1 Å². The normalized spacial score (nSPS) is 25.4. The van der Waals surface area contributed by atoms with Crippen LogP contribution in [0.1, 0.15) is 30.7 Å². The van der Waals surface area contributed by atoms with Gasteiger partial charge < -0.3 is 5.32 Å². The van der Waals surface area contributed by atoms with Crippen molar-refractivity contribution >= 4 is 5.65 Å². The van der Waals surface area contributed by atoms with E-state index in [1.54, 1.807) is 0 Å². The molecule has 2 unspecified atom stereocenters. The van der Waals surface area contributed by atoms with E-state index in [4.69, 9.17) is 0 Å². The maximum Gasteiger partial charge on any atom is 0.161 e. The topological polar surface area (TPSA) is 42.2 Å². The molecule has 0 saturated carbocycles. The molecule has 0 spiro atoms. The molecule has 0 amide bonds. The van der Waals surface area contributed by atoms with E-state index in [9.17, 15) is 0 Å². The van der Waals surface area contributed by atoms with Crippen LogP contribution in [0.3, 0.4) is 0 Å². The molecule has 1 N–H and O–H groups in total. The maximum atomic E-state index is 4.34. The number of nitrogens with one attached hydrogen (secondary N) is 1. The average molecular weight is 216 g/mol. The van der Waals surface area contributed by atoms with Crippen LogP contribution in [0.4, 0.5) is 0 Å². The lowest BCUT2D eigenvalue weighted by Crippen LogP contribution is -2.22. The molecule has 4 nitrogen and oxygen atoms in total. The van der Waals surface area contributed by atoms with Gasteiger partial charge in [0.15, 0.2) is 5.65 Å². The quantitative estimate of drug-likeness (QED) is 0.785. The second-order valence-corrected chi connectivity index (χ2v) is 4.63. The highest BCUT2D eigenvalue weighted by molar-refractivity contribution is 5.41. The van der Waals surface area contributed by atoms with Crippen molar-refractivity contribution in [1.29, 1.82) is 0 Å². The molecule has 3 rings (SSSR count). The van der Waals surface area contributed by atoms with Gasteiger partial charge in [-0.1, -0.05) is 0 Å². The summed E-state index contributed by atoms with van der Waals surface area (Å²) in [4.78, 5) is 0. The molecule has 16 heavy (non-hydrogen) atoms. The summed E-state index contributed by atoms with van der Waals surface area (Å²) in [6, 6.07) is 4.67. The van der Waals surface area contributed by atoms with Gasteiger partial charge in [-0.25, -0.2) is 0 Å². The fourth-order valence-corrected chi connectivity index (χ4v) is 2.48. The van der Waals surface area contributed by atoms with Crippen LogP contribution < -0.4 is 5.32 Å². The summed E-state index contributed by atoms with van der Waals surface area (Å²) in [5, 5.41) is 12.0. The van der Waals surface area contributed by atoms with Crippen LogP contribution in [0.25, 0.3) is 5.65 Å². The van der Waals surface area contributed by atoms with E-state index in [0.29, 0.717) is 12.0 Å². The Labute approximate surface area is 94.7 Å². The van der Waals surface area contributed by atoms with Crippen LogP contribution in [0.2, 0.25) is 0 Å². The Hall–Kier alpha value is -1.42. The third-order valence-electron chi connectivity index (χ3n) is 3.45. The number of pyridine rings is 1. The van der Waals surface area contributed by atoms with Crippen molar-refractivity contribution in [1.82, 2.24) is 19.9 Å². The summed E-state index contributed by atoms with van der Waals surface area (Å²) in [6.45, 7) is 5.37. The van der Waals surface area contributed by atoms with Crippen molar-refractivity contribution < 1.29 is 0 Å². The van der Waals surface area contributed by atoms with Crippen molar-refractivity contribution in [3.8, 4) is 0 Å². The van der Waals surface area contributed by atoms with E-state index in [0.717, 1.165) is 24.4 Å². The molecule has 2 aromatic rings. The Morgan fingerprint density at radius 2 is 2.31 bits per heavy atom. The summed E-state index contributed by atoms with van der Waals surface area (Å²) in [5.41, 5.74) is 2.18. The first-order chi connectivity index (χ1) is 7.75. The van der Waals surface area contributed by atoms with Crippen molar-refractivity contribution in [2.75, 3.05) is 6.54 Å². The van der Waals surface area contributed by atoms with Gasteiger partial charge >= 0.3 is 0 Å². The lowest BCUT2D eigenvalue weighted by Gasteiger charge is -2.12. The van der Waals surface area contributed by atoms with Gasteiger partial charge in [0, 0.05) is 18.2 Å². The van der Waals surface area contributed by atoms with Gasteiger partial charge in [0.05, 0.1) is 0 Å². The van der Waals surface area contributed by atoms with E-state index in [-0.39, 0.29) is 0 Å². The highest BCUT2D eigenvalue weighted by Gasteiger charge is 2.28. The molecule has 0 radical (unpaired) electrons. The van der Waals surface area contributed by atoms with Gasteiger partial charge in [0.25, 0.3) is 0 Å². The number of aryl methyl sites for hydroxylation is 1. The fraction of sp³-hybridized carbons (Fsp3) is 0.500. The van der Waals surface area contributed by atoms with Gasteiger partial charge in [0.1, 0.15) is 5.82 Å². The molecule has 0 aromatic carbocycles. The standard InChI is InChI=1S/C12H16N4/c1-8-4-6-16-11(7-8)14-15-12(16)10-3-5-13-9(10)2/h4,6-7,9-10,13H,3,5H2,1-2H3. The van der Waals surface area contributed by atoms with Gasteiger partial charge in [-0.05, 0) is 44.5 Å². The van der Waals surface area contributed by atoms with Crippen LogP contribution in [0, 0.1) is 6.92 Å². The number of aromatic nitrogens is 3. The Balaban J connectivity index is 2.10. The minimum atomic E-state index is 0.484. The monoisotopic (exact) mass is 216 g/mol. The van der Waals surface area contributed by atoms with E-state index >= 15 is 0 Å². The molecule has 1 fully saturated rings. The lowest BCUT2D eigenvalue weighted by atomic mass is 10.0. The third kappa shape index (κ3) is 1.41. The predicted molar refractivity (Wildman–Crippen MR) is 62.5 cm³/mol. The Morgan fingerprint density at radius 3 is 3.06 bits per heavy atom. The van der Waals surface area contributed by atoms with Gasteiger partial charge in [0.2, 0.25) is 0 Å². The molecule has 4 heteroatoms. The molecule has 0 aliphatic carbocycles. The summed E-state index contributed by atoms with van der Waals surface area (Å²) < 4.78 is 2.11. The molecular formula is C12H16N4. The second-order valence-electron chi connectivity index (χ2n) is 4.63. The van der Waals surface area contributed by atoms with Crippen LogP contribution >= 0.6 is 0 Å². The van der Waals surface area contributed by atoms with Crippen molar-refractivity contribution in [2.24, 2.45) is 0 Å². The second kappa shape index (κ2) is 3.56. The van der Waals surface area contributed by atoms with E-state index < -0.39 is 0 Å². The predicted octanol–water partition coefficient (Wildman–Crippen LogP) is 1.50. The molecule has 3 heterocycles. The summed E-state index contributed by atoms with van der Waals surface area (Å²) in [7, 11) is 0. The first-order valence-electron chi connectivity index (χ1n) is 5.80. The molecule has 2 aromatic heterocycles. The van der Waals surface area contributed by atoms with E-state index in [1.807, 2.05) is 0 Å². The lowest BCUT2D eigenvalue weighted by molar-refractivity contribution is 0.563. The Bertz CT molecular complexity index is 517. The van der Waals surface area contributed by atoms with Gasteiger partial charge in [-0.15, -0.1) is 10.2 Å². The van der Waals surface area contributed by atoms with Crippen molar-refractivity contribution in [2.45, 2.75) is 32.2 Å². The number of fused-ring (bicyclic) bond motifs is 1.